The third kappa shape index (κ3) is 9.84. The molecule has 1 N–H and O–H groups in total. The highest BCUT2D eigenvalue weighted by Gasteiger charge is 2.39. The van der Waals surface area contributed by atoms with Crippen LogP contribution in [0.3, 0.4) is 0 Å². The number of nitrogens with zero attached hydrogens (tertiary/aromatic N) is 1. The summed E-state index contributed by atoms with van der Waals surface area (Å²) in [7, 11) is -2.05. The minimum absolute atomic E-state index is 0.0324. The van der Waals surface area contributed by atoms with Gasteiger partial charge in [-0.15, -0.1) is 0 Å². The van der Waals surface area contributed by atoms with E-state index in [2.05, 4.69) is 39.2 Å². The number of nitrogens with one attached hydrogen (secondary N) is 1. The first-order valence-electron chi connectivity index (χ1n) is 16.1. The second kappa shape index (κ2) is 14.6. The fourth-order valence-corrected chi connectivity index (χ4v) is 5.87. The molecule has 9 nitrogen and oxygen atoms in total. The van der Waals surface area contributed by atoms with E-state index in [1.54, 1.807) is 81.4 Å². The zero-order chi connectivity index (χ0) is 34.4. The fraction of sp³-hybridized carbons (Fsp3) is 0.432. The molecule has 252 valence electrons. The molecular weight excluding hydrogens is 613 g/mol. The van der Waals surface area contributed by atoms with E-state index in [1.807, 2.05) is 18.2 Å². The summed E-state index contributed by atoms with van der Waals surface area (Å²) in [6.07, 6.45) is -0.675. The first-order valence-corrected chi connectivity index (χ1v) is 19.1. The molecule has 0 aliphatic carbocycles. The van der Waals surface area contributed by atoms with Gasteiger partial charge in [0.2, 0.25) is 8.32 Å². The second-order valence-electron chi connectivity index (χ2n) is 14.4. The predicted octanol–water partition coefficient (Wildman–Crippen LogP) is 8.57. The maximum absolute atomic E-state index is 13.6. The summed E-state index contributed by atoms with van der Waals surface area (Å²) in [5, 5.41) is 3.04. The lowest BCUT2D eigenvalue weighted by Crippen LogP contribution is -2.52. The average molecular weight is 661 g/mol. The minimum atomic E-state index is -2.05. The molecule has 1 fully saturated rings. The lowest BCUT2D eigenvalue weighted by Gasteiger charge is -2.36. The molecule has 47 heavy (non-hydrogen) atoms. The summed E-state index contributed by atoms with van der Waals surface area (Å²) in [4.78, 5) is 41.9. The van der Waals surface area contributed by atoms with Gasteiger partial charge in [0.15, 0.2) is 0 Å². The molecule has 0 saturated carbocycles. The van der Waals surface area contributed by atoms with Crippen LogP contribution in [0.25, 0.3) is 0 Å². The van der Waals surface area contributed by atoms with Gasteiger partial charge in [0, 0.05) is 18.5 Å². The number of likely N-dealkylation sites (tertiary alicyclic amines) is 1. The zero-order valence-corrected chi connectivity index (χ0v) is 29.8. The Hall–Kier alpha value is -4.31. The van der Waals surface area contributed by atoms with E-state index in [-0.39, 0.29) is 22.9 Å². The molecule has 3 aromatic carbocycles. The van der Waals surface area contributed by atoms with Crippen molar-refractivity contribution in [2.24, 2.45) is 0 Å². The molecule has 0 aromatic heterocycles. The number of hydrogen-bond donors (Lipinski definition) is 1. The van der Waals surface area contributed by atoms with Crippen molar-refractivity contribution < 1.29 is 33.0 Å². The fourth-order valence-electron chi connectivity index (χ4n) is 4.83. The first kappa shape index (κ1) is 35.5. The molecule has 0 bridgehead atoms. The number of benzene rings is 3. The molecule has 2 unspecified atom stereocenters. The van der Waals surface area contributed by atoms with E-state index in [0.717, 1.165) is 0 Å². The van der Waals surface area contributed by atoms with Crippen molar-refractivity contribution >= 4 is 26.3 Å². The van der Waals surface area contributed by atoms with Gasteiger partial charge in [-0.25, -0.2) is 9.59 Å². The van der Waals surface area contributed by atoms with Crippen LogP contribution < -0.4 is 14.5 Å². The predicted molar refractivity (Wildman–Crippen MR) is 184 cm³/mol. The third-order valence-electron chi connectivity index (χ3n) is 8.36. The maximum Gasteiger partial charge on any atom is 0.411 e. The SMILES string of the molecule is CC(C)(C)OC(=O)N1CCCC(OC(=O)c2ccccc2Oc2ccccc2)CC1NC(=O)c1ccc(O[Si](C)(C)C(C)(C)C)cc1. The molecule has 1 aliphatic rings. The molecule has 1 heterocycles. The van der Waals surface area contributed by atoms with Crippen molar-refractivity contribution in [3.05, 3.63) is 90.0 Å². The number of para-hydroxylation sites is 2. The molecule has 2 amide bonds. The average Bonchev–Trinajstić information content (AvgIpc) is 3.18. The minimum Gasteiger partial charge on any atom is -0.544 e. The van der Waals surface area contributed by atoms with Crippen LogP contribution in [0.4, 0.5) is 4.79 Å². The van der Waals surface area contributed by atoms with Crippen LogP contribution in [0.1, 0.15) is 81.5 Å². The maximum atomic E-state index is 13.6. The van der Waals surface area contributed by atoms with Crippen molar-refractivity contribution in [3.63, 3.8) is 0 Å². The number of rotatable bonds is 8. The standard InChI is InChI=1S/C37H48N2O7Si/c1-36(2,3)45-35(42)39-24-14-17-29(44-34(41)30-18-12-13-19-31(30)43-27-15-10-9-11-16-27)25-32(39)38-33(40)26-20-22-28(23-21-26)46-47(7,8)37(4,5)6/h9-13,15-16,18-23,29,32H,14,17,24-25H2,1-8H3,(H,38,40). The van der Waals surface area contributed by atoms with Crippen LogP contribution in [0, 0.1) is 0 Å². The Morgan fingerprint density at radius 3 is 2.11 bits per heavy atom. The molecule has 0 spiro atoms. The van der Waals surface area contributed by atoms with E-state index in [0.29, 0.717) is 42.2 Å². The van der Waals surface area contributed by atoms with Crippen molar-refractivity contribution in [2.45, 2.75) is 96.8 Å². The largest absolute Gasteiger partial charge is 0.544 e. The van der Waals surface area contributed by atoms with Crippen LogP contribution >= 0.6 is 0 Å². The number of carbonyl (C=O) groups is 3. The number of esters is 1. The highest BCUT2D eigenvalue weighted by Crippen LogP contribution is 2.37. The molecule has 2 atom stereocenters. The van der Waals surface area contributed by atoms with E-state index < -0.39 is 38.3 Å². The number of ether oxygens (including phenoxy) is 3. The monoisotopic (exact) mass is 660 g/mol. The normalized spacial score (nSPS) is 17.2. The number of hydrogen-bond acceptors (Lipinski definition) is 7. The van der Waals surface area contributed by atoms with Crippen molar-refractivity contribution in [1.82, 2.24) is 10.2 Å². The van der Waals surface area contributed by atoms with Gasteiger partial charge in [-0.1, -0.05) is 51.1 Å². The lowest BCUT2D eigenvalue weighted by atomic mass is 10.1. The van der Waals surface area contributed by atoms with Gasteiger partial charge in [-0.05, 0) is 100 Å². The Kier molecular flexibility index (Phi) is 11.1. The zero-order valence-electron chi connectivity index (χ0n) is 28.8. The summed E-state index contributed by atoms with van der Waals surface area (Å²) in [5.74, 6) is 0.767. The van der Waals surface area contributed by atoms with Gasteiger partial charge in [-0.3, -0.25) is 9.69 Å². The van der Waals surface area contributed by atoms with E-state index in [4.69, 9.17) is 18.6 Å². The quantitative estimate of drug-likeness (QED) is 0.191. The molecule has 1 aliphatic heterocycles. The smallest absolute Gasteiger partial charge is 0.411 e. The number of amides is 2. The van der Waals surface area contributed by atoms with Crippen LogP contribution in [0.15, 0.2) is 78.9 Å². The second-order valence-corrected chi connectivity index (χ2v) is 19.1. The van der Waals surface area contributed by atoms with Crippen LogP contribution in [0.5, 0.6) is 17.2 Å². The highest BCUT2D eigenvalue weighted by molar-refractivity contribution is 6.74. The van der Waals surface area contributed by atoms with E-state index >= 15 is 0 Å². The Morgan fingerprint density at radius 2 is 1.47 bits per heavy atom. The first-order chi connectivity index (χ1) is 22.0. The molecule has 10 heteroatoms. The molecule has 3 aromatic rings. The summed E-state index contributed by atoms with van der Waals surface area (Å²) in [6.45, 7) is 16.6. The van der Waals surface area contributed by atoms with Crippen molar-refractivity contribution in [1.29, 1.82) is 0 Å². The Morgan fingerprint density at radius 1 is 0.830 bits per heavy atom. The summed E-state index contributed by atoms with van der Waals surface area (Å²) in [5.41, 5.74) is -0.0293. The van der Waals surface area contributed by atoms with Gasteiger partial charge in [0.05, 0.1) is 0 Å². The van der Waals surface area contributed by atoms with Gasteiger partial charge in [-0.2, -0.15) is 0 Å². The summed E-state index contributed by atoms with van der Waals surface area (Å²) < 4.78 is 24.1. The van der Waals surface area contributed by atoms with Gasteiger partial charge in [0.25, 0.3) is 5.91 Å². The molecular formula is C37H48N2O7Si. The summed E-state index contributed by atoms with van der Waals surface area (Å²) >= 11 is 0. The van der Waals surface area contributed by atoms with E-state index in [9.17, 15) is 14.4 Å². The molecule has 4 rings (SSSR count). The van der Waals surface area contributed by atoms with Crippen LogP contribution in [-0.2, 0) is 9.47 Å². The lowest BCUT2D eigenvalue weighted by molar-refractivity contribution is 0.00663. The third-order valence-corrected chi connectivity index (χ3v) is 12.7. The topological polar surface area (TPSA) is 103 Å². The Labute approximate surface area is 279 Å². The van der Waals surface area contributed by atoms with Crippen LogP contribution in [-0.4, -0.2) is 55.6 Å². The van der Waals surface area contributed by atoms with Crippen molar-refractivity contribution in [3.8, 4) is 17.2 Å². The number of carbonyl (C=O) groups excluding carboxylic acids is 3. The highest BCUT2D eigenvalue weighted by atomic mass is 28.4. The summed E-state index contributed by atoms with van der Waals surface area (Å²) in [6, 6.07) is 23.1. The Balaban J connectivity index is 1.52. The van der Waals surface area contributed by atoms with Gasteiger partial charge < -0.3 is 24.0 Å². The molecule has 0 radical (unpaired) electrons. The van der Waals surface area contributed by atoms with Crippen LogP contribution in [0.2, 0.25) is 18.1 Å². The van der Waals surface area contributed by atoms with Gasteiger partial charge in [0.1, 0.15) is 40.7 Å². The van der Waals surface area contributed by atoms with Crippen molar-refractivity contribution in [2.75, 3.05) is 6.54 Å². The molecule has 1 saturated heterocycles. The van der Waals surface area contributed by atoms with Gasteiger partial charge >= 0.3 is 12.1 Å². The van der Waals surface area contributed by atoms with E-state index in [1.165, 1.54) is 4.90 Å². The Bertz CT molecular complexity index is 1530.